The van der Waals surface area contributed by atoms with Gasteiger partial charge in [-0.05, 0) is 25.2 Å². The molecule has 1 saturated heterocycles. The van der Waals surface area contributed by atoms with Gasteiger partial charge in [0.15, 0.2) is 0 Å². The molecule has 0 amide bonds. The van der Waals surface area contributed by atoms with E-state index < -0.39 is 0 Å². The van der Waals surface area contributed by atoms with Crippen molar-refractivity contribution in [1.82, 2.24) is 14.7 Å². The molecule has 5 heteroatoms. The summed E-state index contributed by atoms with van der Waals surface area (Å²) in [7, 11) is 1.94. The van der Waals surface area contributed by atoms with E-state index in [0.717, 1.165) is 38.2 Å². The second kappa shape index (κ2) is 5.11. The van der Waals surface area contributed by atoms with Gasteiger partial charge < -0.3 is 0 Å². The first-order valence-corrected chi connectivity index (χ1v) is 7.07. The maximum Gasteiger partial charge on any atom is 0.104 e. The summed E-state index contributed by atoms with van der Waals surface area (Å²) in [4.78, 5) is 2.38. The Kier molecular flexibility index (Phi) is 3.75. The lowest BCUT2D eigenvalue weighted by Gasteiger charge is -2.35. The predicted molar refractivity (Wildman–Crippen MR) is 69.6 cm³/mol. The predicted octanol–water partition coefficient (Wildman–Crippen LogP) is 1.64. The summed E-state index contributed by atoms with van der Waals surface area (Å²) in [6.45, 7) is 2.88. The molecule has 0 spiro atoms. The minimum Gasteiger partial charge on any atom is -0.297 e. The number of likely N-dealkylation sites (tertiary alicyclic amines) is 1. The Balaban J connectivity index is 1.90. The van der Waals surface area contributed by atoms with E-state index in [1.54, 1.807) is 11.8 Å². The van der Waals surface area contributed by atoms with Crippen LogP contribution in [0.5, 0.6) is 0 Å². The van der Waals surface area contributed by atoms with Crippen molar-refractivity contribution in [3.8, 4) is 6.07 Å². The fourth-order valence-corrected chi connectivity index (χ4v) is 2.89. The van der Waals surface area contributed by atoms with Crippen molar-refractivity contribution in [3.63, 3.8) is 0 Å². The topological polar surface area (TPSA) is 44.9 Å². The lowest BCUT2D eigenvalue weighted by atomic mass is 9.97. The molecule has 4 nitrogen and oxygen atoms in total. The highest BCUT2D eigenvalue weighted by atomic mass is 32.2. The first-order chi connectivity index (χ1) is 8.17. The van der Waals surface area contributed by atoms with E-state index in [1.807, 2.05) is 24.2 Å². The number of hydrogen-bond donors (Lipinski definition) is 0. The molecular weight excluding hydrogens is 232 g/mol. The Hall–Kier alpha value is -0.990. The minimum absolute atomic E-state index is 0.152. The Bertz CT molecular complexity index is 412. The van der Waals surface area contributed by atoms with Gasteiger partial charge in [-0.15, -0.1) is 11.8 Å². The van der Waals surface area contributed by atoms with Gasteiger partial charge >= 0.3 is 0 Å². The third-order valence-electron chi connectivity index (χ3n) is 3.41. The molecule has 2 rings (SSSR count). The van der Waals surface area contributed by atoms with Crippen LogP contribution in [0.1, 0.15) is 18.5 Å². The largest absolute Gasteiger partial charge is 0.297 e. The van der Waals surface area contributed by atoms with E-state index in [4.69, 9.17) is 0 Å². The standard InChI is InChI=1S/C12H18N4S/c1-15-6-3-11(14-15)9-16-7-4-12(10-13,17-2)5-8-16/h3,6H,4-5,7-9H2,1-2H3. The van der Waals surface area contributed by atoms with Crippen molar-refractivity contribution in [2.75, 3.05) is 19.3 Å². The zero-order valence-electron chi connectivity index (χ0n) is 10.4. The van der Waals surface area contributed by atoms with Gasteiger partial charge in [0, 0.05) is 32.9 Å². The van der Waals surface area contributed by atoms with E-state index >= 15 is 0 Å². The SMILES string of the molecule is CSC1(C#N)CCN(Cc2ccn(C)n2)CC1. The molecule has 1 aromatic rings. The fourth-order valence-electron chi connectivity index (χ4n) is 2.21. The van der Waals surface area contributed by atoms with E-state index in [9.17, 15) is 5.26 Å². The molecule has 17 heavy (non-hydrogen) atoms. The quantitative estimate of drug-likeness (QED) is 0.818. The van der Waals surface area contributed by atoms with Gasteiger partial charge in [0.05, 0.1) is 11.8 Å². The van der Waals surface area contributed by atoms with Crippen LogP contribution in [0.2, 0.25) is 0 Å². The first kappa shape index (κ1) is 12.5. The van der Waals surface area contributed by atoms with Gasteiger partial charge in [-0.2, -0.15) is 10.4 Å². The van der Waals surface area contributed by atoms with Crippen LogP contribution < -0.4 is 0 Å². The summed E-state index contributed by atoms with van der Waals surface area (Å²) in [5, 5.41) is 13.6. The number of hydrogen-bond acceptors (Lipinski definition) is 4. The average molecular weight is 250 g/mol. The van der Waals surface area contributed by atoms with Gasteiger partial charge in [0.1, 0.15) is 4.75 Å². The Morgan fingerprint density at radius 1 is 1.53 bits per heavy atom. The van der Waals surface area contributed by atoms with Crippen LogP contribution in [0, 0.1) is 11.3 Å². The lowest BCUT2D eigenvalue weighted by Crippen LogP contribution is -2.41. The molecule has 0 N–H and O–H groups in total. The van der Waals surface area contributed by atoms with E-state index in [1.165, 1.54) is 0 Å². The van der Waals surface area contributed by atoms with Crippen LogP contribution in [0.4, 0.5) is 0 Å². The molecule has 0 bridgehead atoms. The van der Waals surface area contributed by atoms with Gasteiger partial charge in [-0.3, -0.25) is 9.58 Å². The average Bonchev–Trinajstić information content (AvgIpc) is 2.76. The van der Waals surface area contributed by atoms with Crippen LogP contribution in [0.3, 0.4) is 0 Å². The van der Waals surface area contributed by atoms with Crippen LogP contribution in [0.25, 0.3) is 0 Å². The zero-order valence-corrected chi connectivity index (χ0v) is 11.2. The summed E-state index contributed by atoms with van der Waals surface area (Å²) in [5.41, 5.74) is 1.11. The molecule has 0 radical (unpaired) electrons. The van der Waals surface area contributed by atoms with E-state index in [-0.39, 0.29) is 4.75 Å². The first-order valence-electron chi connectivity index (χ1n) is 5.85. The van der Waals surface area contributed by atoms with Gasteiger partial charge in [0.2, 0.25) is 0 Å². The van der Waals surface area contributed by atoms with Crippen molar-refractivity contribution in [2.24, 2.45) is 7.05 Å². The summed E-state index contributed by atoms with van der Waals surface area (Å²) < 4.78 is 1.68. The monoisotopic (exact) mass is 250 g/mol. The molecule has 0 atom stereocenters. The zero-order chi connectivity index (χ0) is 12.3. The number of rotatable bonds is 3. The smallest absolute Gasteiger partial charge is 0.104 e. The number of nitrogens with zero attached hydrogens (tertiary/aromatic N) is 4. The summed E-state index contributed by atoms with van der Waals surface area (Å²) in [6.07, 6.45) is 5.92. The number of piperidine rings is 1. The Morgan fingerprint density at radius 3 is 2.71 bits per heavy atom. The highest BCUT2D eigenvalue weighted by Crippen LogP contribution is 2.33. The number of aryl methyl sites for hydroxylation is 1. The summed E-state index contributed by atoms with van der Waals surface area (Å²) in [5.74, 6) is 0. The molecule has 0 aliphatic carbocycles. The third kappa shape index (κ3) is 2.82. The number of thioether (sulfide) groups is 1. The van der Waals surface area contributed by atoms with Crippen LogP contribution in [-0.4, -0.2) is 38.8 Å². The van der Waals surface area contributed by atoms with Gasteiger partial charge in [-0.1, -0.05) is 0 Å². The van der Waals surface area contributed by atoms with Crippen molar-refractivity contribution in [3.05, 3.63) is 18.0 Å². The van der Waals surface area contributed by atoms with Crippen molar-refractivity contribution in [2.45, 2.75) is 24.1 Å². The Morgan fingerprint density at radius 2 is 2.24 bits per heavy atom. The molecule has 2 heterocycles. The third-order valence-corrected chi connectivity index (χ3v) is 4.69. The maximum atomic E-state index is 9.22. The fraction of sp³-hybridized carbons (Fsp3) is 0.667. The van der Waals surface area contributed by atoms with E-state index in [2.05, 4.69) is 22.1 Å². The molecule has 92 valence electrons. The van der Waals surface area contributed by atoms with E-state index in [0.29, 0.717) is 0 Å². The highest BCUT2D eigenvalue weighted by molar-refractivity contribution is 8.00. The van der Waals surface area contributed by atoms with Crippen LogP contribution in [0.15, 0.2) is 12.3 Å². The van der Waals surface area contributed by atoms with Crippen LogP contribution in [-0.2, 0) is 13.6 Å². The Labute approximate surface area is 107 Å². The minimum atomic E-state index is -0.152. The molecule has 0 unspecified atom stereocenters. The van der Waals surface area contributed by atoms with Crippen molar-refractivity contribution in [1.29, 1.82) is 5.26 Å². The molecule has 1 fully saturated rings. The van der Waals surface area contributed by atoms with Gasteiger partial charge in [0.25, 0.3) is 0 Å². The van der Waals surface area contributed by atoms with Crippen molar-refractivity contribution < 1.29 is 0 Å². The normalized spacial score (nSPS) is 20.1. The number of nitriles is 1. The maximum absolute atomic E-state index is 9.22. The highest BCUT2D eigenvalue weighted by Gasteiger charge is 2.33. The molecular formula is C12H18N4S. The second-order valence-electron chi connectivity index (χ2n) is 4.57. The molecule has 0 saturated carbocycles. The second-order valence-corrected chi connectivity index (χ2v) is 5.76. The van der Waals surface area contributed by atoms with Crippen LogP contribution >= 0.6 is 11.8 Å². The summed E-state index contributed by atoms with van der Waals surface area (Å²) >= 11 is 1.70. The molecule has 0 aromatic carbocycles. The summed E-state index contributed by atoms with van der Waals surface area (Å²) in [6, 6.07) is 4.53. The lowest BCUT2D eigenvalue weighted by molar-refractivity contribution is 0.206. The molecule has 1 aromatic heterocycles. The molecule has 1 aliphatic heterocycles. The van der Waals surface area contributed by atoms with Gasteiger partial charge in [-0.25, -0.2) is 0 Å². The number of aromatic nitrogens is 2. The van der Waals surface area contributed by atoms with Crippen molar-refractivity contribution >= 4 is 11.8 Å². The molecule has 1 aliphatic rings.